The van der Waals surface area contributed by atoms with E-state index < -0.39 is 0 Å². The highest BCUT2D eigenvalue weighted by Crippen LogP contribution is 2.30. The van der Waals surface area contributed by atoms with Crippen molar-refractivity contribution in [1.29, 1.82) is 5.26 Å². The summed E-state index contributed by atoms with van der Waals surface area (Å²) in [6.45, 7) is 0.675. The minimum absolute atomic E-state index is 0.0808. The maximum absolute atomic E-state index is 12.2. The number of nitriles is 1. The van der Waals surface area contributed by atoms with Crippen LogP contribution in [0.5, 0.6) is 0 Å². The Morgan fingerprint density at radius 1 is 1.26 bits per heavy atom. The van der Waals surface area contributed by atoms with Crippen LogP contribution in [0.1, 0.15) is 43.2 Å². The molecule has 0 unspecified atom stereocenters. The number of carbonyl (C=O) groups is 2. The number of rotatable bonds is 4. The van der Waals surface area contributed by atoms with Crippen molar-refractivity contribution in [3.8, 4) is 6.07 Å². The fraction of sp³-hybridized carbons (Fsp3) is 0.500. The predicted molar refractivity (Wildman–Crippen MR) is 83.0 cm³/mol. The van der Waals surface area contributed by atoms with E-state index in [1.165, 1.54) is 12.8 Å². The average Bonchev–Trinajstić information content (AvgIpc) is 3.22. The maximum atomic E-state index is 12.2. The topological polar surface area (TPSA) is 70.4 Å². The lowest BCUT2D eigenvalue weighted by molar-refractivity contribution is -0.149. The molecule has 0 radical (unpaired) electrons. The highest BCUT2D eigenvalue weighted by atomic mass is 16.5. The summed E-state index contributed by atoms with van der Waals surface area (Å²) in [6.07, 6.45) is 4.71. The number of esters is 1. The normalized spacial score (nSPS) is 21.4. The van der Waals surface area contributed by atoms with Crippen LogP contribution in [0.4, 0.5) is 0 Å². The molecule has 0 aromatic heterocycles. The maximum Gasteiger partial charge on any atom is 0.311 e. The standard InChI is InChI=1S/C18H20N2O3/c19-10-13-5-7-14(8-6-13)12-23-18(22)15-9-17(21)20(11-15)16-3-1-2-4-16/h5-8,15-16H,1-4,9,11-12H2/t15-/m1/s1. The van der Waals surface area contributed by atoms with Crippen molar-refractivity contribution in [1.82, 2.24) is 4.90 Å². The van der Waals surface area contributed by atoms with Crippen LogP contribution in [-0.4, -0.2) is 29.4 Å². The van der Waals surface area contributed by atoms with Gasteiger partial charge in [-0.05, 0) is 30.5 Å². The number of benzene rings is 1. The van der Waals surface area contributed by atoms with Crippen molar-refractivity contribution in [2.45, 2.75) is 44.8 Å². The molecule has 1 aromatic carbocycles. The van der Waals surface area contributed by atoms with Crippen molar-refractivity contribution in [2.24, 2.45) is 5.92 Å². The minimum atomic E-state index is -0.346. The molecule has 3 rings (SSSR count). The summed E-state index contributed by atoms with van der Waals surface area (Å²) in [6, 6.07) is 9.31. The molecule has 23 heavy (non-hydrogen) atoms. The molecule has 2 fully saturated rings. The smallest absolute Gasteiger partial charge is 0.311 e. The van der Waals surface area contributed by atoms with Gasteiger partial charge < -0.3 is 9.64 Å². The lowest BCUT2D eigenvalue weighted by atomic mass is 10.1. The zero-order valence-electron chi connectivity index (χ0n) is 13.0. The van der Waals surface area contributed by atoms with Crippen molar-refractivity contribution in [3.05, 3.63) is 35.4 Å². The van der Waals surface area contributed by atoms with Gasteiger partial charge in [-0.25, -0.2) is 0 Å². The van der Waals surface area contributed by atoms with Crippen molar-refractivity contribution < 1.29 is 14.3 Å². The molecular formula is C18H20N2O3. The van der Waals surface area contributed by atoms with Crippen molar-refractivity contribution in [3.63, 3.8) is 0 Å². The molecule has 1 aliphatic carbocycles. The van der Waals surface area contributed by atoms with Gasteiger partial charge in [0.05, 0.1) is 17.6 Å². The lowest BCUT2D eigenvalue weighted by Crippen LogP contribution is -2.35. The van der Waals surface area contributed by atoms with E-state index in [4.69, 9.17) is 10.00 Å². The second-order valence-electron chi connectivity index (χ2n) is 6.30. The fourth-order valence-corrected chi connectivity index (χ4v) is 3.41. The SMILES string of the molecule is N#Cc1ccc(COC(=O)[C@@H]2CC(=O)N(C3CCCC3)C2)cc1. The highest BCUT2D eigenvalue weighted by Gasteiger charge is 2.39. The third-order valence-electron chi connectivity index (χ3n) is 4.72. The van der Waals surface area contributed by atoms with Gasteiger partial charge in [0.1, 0.15) is 6.61 Å². The van der Waals surface area contributed by atoms with Gasteiger partial charge in [0.2, 0.25) is 5.91 Å². The van der Waals surface area contributed by atoms with Gasteiger partial charge >= 0.3 is 5.97 Å². The Morgan fingerprint density at radius 2 is 1.96 bits per heavy atom. The first kappa shape index (κ1) is 15.5. The van der Waals surface area contributed by atoms with Crippen LogP contribution >= 0.6 is 0 Å². The minimum Gasteiger partial charge on any atom is -0.461 e. The molecule has 5 heteroatoms. The number of nitrogens with zero attached hydrogens (tertiary/aromatic N) is 2. The van der Waals surface area contributed by atoms with Gasteiger partial charge in [0.15, 0.2) is 0 Å². The summed E-state index contributed by atoms with van der Waals surface area (Å²) in [5.74, 6) is -0.568. The van der Waals surface area contributed by atoms with Crippen LogP contribution in [0.15, 0.2) is 24.3 Å². The Hall–Kier alpha value is -2.35. The Morgan fingerprint density at radius 3 is 2.61 bits per heavy atom. The zero-order valence-corrected chi connectivity index (χ0v) is 13.0. The molecule has 1 saturated heterocycles. The van der Waals surface area contributed by atoms with Gasteiger partial charge in [-0.15, -0.1) is 0 Å². The Labute approximate surface area is 135 Å². The molecule has 2 aliphatic rings. The van der Waals surface area contributed by atoms with Gasteiger partial charge in [-0.2, -0.15) is 5.26 Å². The number of likely N-dealkylation sites (tertiary alicyclic amines) is 1. The van der Waals surface area contributed by atoms with E-state index in [1.807, 2.05) is 11.0 Å². The summed E-state index contributed by atoms with van der Waals surface area (Å²) in [5, 5.41) is 8.76. The van der Waals surface area contributed by atoms with E-state index in [2.05, 4.69) is 0 Å². The summed E-state index contributed by atoms with van der Waals surface area (Å²) >= 11 is 0. The molecule has 120 valence electrons. The van der Waals surface area contributed by atoms with E-state index in [9.17, 15) is 9.59 Å². The quantitative estimate of drug-likeness (QED) is 0.800. The number of hydrogen-bond acceptors (Lipinski definition) is 4. The molecular weight excluding hydrogens is 292 g/mol. The first-order valence-corrected chi connectivity index (χ1v) is 8.12. The second kappa shape index (κ2) is 6.82. The fourth-order valence-electron chi connectivity index (χ4n) is 3.41. The van der Waals surface area contributed by atoms with Crippen LogP contribution in [0.3, 0.4) is 0 Å². The van der Waals surface area contributed by atoms with Crippen LogP contribution in [0.2, 0.25) is 0 Å². The monoisotopic (exact) mass is 312 g/mol. The van der Waals surface area contributed by atoms with E-state index >= 15 is 0 Å². The van der Waals surface area contributed by atoms with Crippen molar-refractivity contribution >= 4 is 11.9 Å². The molecule has 5 nitrogen and oxygen atoms in total. The molecule has 0 spiro atoms. The Kier molecular flexibility index (Phi) is 4.61. The average molecular weight is 312 g/mol. The number of carbonyl (C=O) groups excluding carboxylic acids is 2. The third-order valence-corrected chi connectivity index (χ3v) is 4.72. The Bertz CT molecular complexity index is 627. The zero-order chi connectivity index (χ0) is 16.2. The first-order chi connectivity index (χ1) is 11.2. The largest absolute Gasteiger partial charge is 0.461 e. The highest BCUT2D eigenvalue weighted by molar-refractivity contribution is 5.87. The van der Waals surface area contributed by atoms with E-state index in [1.54, 1.807) is 24.3 Å². The van der Waals surface area contributed by atoms with E-state index in [0.717, 1.165) is 18.4 Å². The number of amides is 1. The second-order valence-corrected chi connectivity index (χ2v) is 6.30. The van der Waals surface area contributed by atoms with Gasteiger partial charge in [-0.1, -0.05) is 25.0 Å². The predicted octanol–water partition coefficient (Wildman–Crippen LogP) is 2.39. The van der Waals surface area contributed by atoms with Crippen LogP contribution < -0.4 is 0 Å². The molecule has 1 aromatic rings. The van der Waals surface area contributed by atoms with Gasteiger partial charge in [0, 0.05) is 19.0 Å². The molecule has 1 amide bonds. The van der Waals surface area contributed by atoms with Gasteiger partial charge in [-0.3, -0.25) is 9.59 Å². The summed E-state index contributed by atoms with van der Waals surface area (Å²) < 4.78 is 5.34. The summed E-state index contributed by atoms with van der Waals surface area (Å²) in [5.41, 5.74) is 1.42. The molecule has 1 atom stereocenters. The summed E-state index contributed by atoms with van der Waals surface area (Å²) in [4.78, 5) is 26.2. The number of hydrogen-bond donors (Lipinski definition) is 0. The third kappa shape index (κ3) is 3.53. The van der Waals surface area contributed by atoms with E-state index in [-0.39, 0.29) is 30.8 Å². The van der Waals surface area contributed by atoms with E-state index in [0.29, 0.717) is 18.2 Å². The van der Waals surface area contributed by atoms with Crippen molar-refractivity contribution in [2.75, 3.05) is 6.54 Å². The van der Waals surface area contributed by atoms with Crippen LogP contribution in [0, 0.1) is 17.2 Å². The summed E-state index contributed by atoms with van der Waals surface area (Å²) in [7, 11) is 0. The molecule has 0 N–H and O–H groups in total. The molecule has 1 saturated carbocycles. The van der Waals surface area contributed by atoms with Crippen LogP contribution in [0.25, 0.3) is 0 Å². The van der Waals surface area contributed by atoms with Gasteiger partial charge in [0.25, 0.3) is 0 Å². The van der Waals surface area contributed by atoms with Crippen LogP contribution in [-0.2, 0) is 20.9 Å². The molecule has 1 aliphatic heterocycles. The molecule has 1 heterocycles. The number of ether oxygens (including phenoxy) is 1. The Balaban J connectivity index is 1.52. The lowest BCUT2D eigenvalue weighted by Gasteiger charge is -2.23. The molecule has 0 bridgehead atoms. The first-order valence-electron chi connectivity index (χ1n) is 8.12.